The largest absolute Gasteiger partial charge is 0.494 e. The van der Waals surface area contributed by atoms with Crippen molar-refractivity contribution >= 4 is 40.3 Å². The van der Waals surface area contributed by atoms with E-state index >= 15 is 0 Å². The Morgan fingerprint density at radius 1 is 0.830 bits per heavy atom. The molecule has 0 aliphatic heterocycles. The molecule has 0 spiro atoms. The Morgan fingerprint density at radius 2 is 1.53 bits per heavy atom. The van der Waals surface area contributed by atoms with Crippen molar-refractivity contribution in [3.05, 3.63) is 105 Å². The molecule has 1 unspecified atom stereocenters. The van der Waals surface area contributed by atoms with Crippen molar-refractivity contribution in [3.8, 4) is 28.3 Å². The Labute approximate surface area is 319 Å². The number of ketones is 1. The van der Waals surface area contributed by atoms with E-state index in [-0.39, 0.29) is 30.5 Å². The fourth-order valence-corrected chi connectivity index (χ4v) is 7.51. The van der Waals surface area contributed by atoms with E-state index in [4.69, 9.17) is 4.74 Å². The van der Waals surface area contributed by atoms with Gasteiger partial charge in [0.1, 0.15) is 11.8 Å². The Morgan fingerprint density at radius 3 is 2.15 bits per heavy atom. The Hall–Kier alpha value is -4.74. The van der Waals surface area contributed by atoms with Gasteiger partial charge in [0.15, 0.2) is 11.6 Å². The summed E-state index contributed by atoms with van der Waals surface area (Å²) < 4.78 is 5.90. The van der Waals surface area contributed by atoms with Crippen molar-refractivity contribution in [2.24, 2.45) is 5.92 Å². The monoisotopic (exact) mass is 752 g/mol. The number of Topliss-reactive ketones (excluding diaryl/α,β-unsaturated/α-hetero) is 1. The van der Waals surface area contributed by atoms with Gasteiger partial charge in [-0.15, -0.1) is 22.7 Å². The molecule has 2 aromatic carbocycles. The summed E-state index contributed by atoms with van der Waals surface area (Å²) in [4.78, 5) is 54.4. The second-order valence-corrected chi connectivity index (χ2v) is 16.3. The average molecular weight is 753 g/mol. The topological polar surface area (TPSA) is 131 Å². The summed E-state index contributed by atoms with van der Waals surface area (Å²) in [5.74, 6) is -1.17. The number of nitrogens with zero attached hydrogens (tertiary/aromatic N) is 3. The number of carbonyl (C=O) groups excluding carboxylic acids is 2. The lowest BCUT2D eigenvalue weighted by atomic mass is 9.92. The predicted octanol–water partition coefficient (Wildman–Crippen LogP) is 9.22. The lowest BCUT2D eigenvalue weighted by molar-refractivity contribution is -0.142. The van der Waals surface area contributed by atoms with Crippen LogP contribution >= 0.6 is 22.7 Å². The van der Waals surface area contributed by atoms with Crippen molar-refractivity contribution in [2.45, 2.75) is 90.5 Å². The molecule has 1 amide bonds. The number of amides is 1. The summed E-state index contributed by atoms with van der Waals surface area (Å²) in [6, 6.07) is 18.2. The Kier molecular flexibility index (Phi) is 14.0. The summed E-state index contributed by atoms with van der Waals surface area (Å²) in [6.07, 6.45) is 11.5. The highest BCUT2D eigenvalue weighted by Gasteiger charge is 2.29. The molecule has 278 valence electrons. The van der Waals surface area contributed by atoms with Gasteiger partial charge in [-0.1, -0.05) is 89.8 Å². The van der Waals surface area contributed by atoms with Crippen molar-refractivity contribution in [2.75, 3.05) is 6.61 Å². The van der Waals surface area contributed by atoms with E-state index in [9.17, 15) is 19.5 Å². The highest BCUT2D eigenvalue weighted by atomic mass is 32.1. The Bertz CT molecular complexity index is 1920. The molecule has 9 nitrogen and oxygen atoms in total. The molecule has 53 heavy (non-hydrogen) atoms. The summed E-state index contributed by atoms with van der Waals surface area (Å²) >= 11 is 2.76. The van der Waals surface area contributed by atoms with E-state index in [1.165, 1.54) is 48.4 Å². The molecule has 0 fully saturated rings. The van der Waals surface area contributed by atoms with Gasteiger partial charge in [0.05, 0.1) is 16.5 Å². The van der Waals surface area contributed by atoms with E-state index in [2.05, 4.69) is 48.0 Å². The average Bonchev–Trinajstić information content (AvgIpc) is 3.87. The number of hydrogen-bond acceptors (Lipinski definition) is 9. The van der Waals surface area contributed by atoms with Gasteiger partial charge in [-0.3, -0.25) is 9.59 Å². The van der Waals surface area contributed by atoms with Gasteiger partial charge in [-0.25, -0.2) is 19.7 Å². The normalized spacial score (nSPS) is 12.6. The molecule has 0 aliphatic carbocycles. The molecule has 0 saturated carbocycles. The Balaban J connectivity index is 1.25. The second-order valence-electron chi connectivity index (χ2n) is 14.3. The summed E-state index contributed by atoms with van der Waals surface area (Å²) in [7, 11) is 0. The number of aliphatic carboxylic acids is 1. The fraction of sp³-hybridized carbons (Fsp3) is 0.381. The van der Waals surface area contributed by atoms with E-state index in [1.807, 2.05) is 60.7 Å². The number of ether oxygens (including phenoxy) is 1. The van der Waals surface area contributed by atoms with Crippen LogP contribution in [-0.4, -0.2) is 50.4 Å². The number of thiophene rings is 1. The minimum Gasteiger partial charge on any atom is -0.494 e. The maximum Gasteiger partial charge on any atom is 0.326 e. The van der Waals surface area contributed by atoms with Crippen LogP contribution in [0.25, 0.3) is 22.5 Å². The van der Waals surface area contributed by atoms with Crippen LogP contribution in [0, 0.1) is 5.92 Å². The van der Waals surface area contributed by atoms with Gasteiger partial charge in [0, 0.05) is 58.7 Å². The van der Waals surface area contributed by atoms with E-state index in [0.29, 0.717) is 15.7 Å². The van der Waals surface area contributed by atoms with Gasteiger partial charge in [0.2, 0.25) is 5.91 Å². The first kappa shape index (κ1) is 39.5. The number of carbonyl (C=O) groups is 3. The van der Waals surface area contributed by atoms with Crippen molar-refractivity contribution in [1.82, 2.24) is 20.3 Å². The van der Waals surface area contributed by atoms with E-state index < -0.39 is 23.8 Å². The third-order valence-electron chi connectivity index (χ3n) is 8.95. The molecular weight excluding hydrogens is 705 g/mol. The number of benzene rings is 2. The number of unbranched alkanes of at least 4 members (excludes halogenated alkanes) is 4. The van der Waals surface area contributed by atoms with Gasteiger partial charge < -0.3 is 15.2 Å². The smallest absolute Gasteiger partial charge is 0.326 e. The number of carboxylic acid groups (broad SMARTS) is 1. The van der Waals surface area contributed by atoms with Crippen LogP contribution in [0.2, 0.25) is 0 Å². The third kappa shape index (κ3) is 11.6. The maximum atomic E-state index is 13.7. The molecule has 0 bridgehead atoms. The minimum absolute atomic E-state index is 0.0575. The maximum absolute atomic E-state index is 13.7. The number of hydrogen-bond donors (Lipinski definition) is 2. The van der Waals surface area contributed by atoms with Crippen molar-refractivity contribution in [3.63, 3.8) is 0 Å². The quantitative estimate of drug-likeness (QED) is 0.0631. The molecule has 5 aromatic rings. The molecule has 2 atom stereocenters. The zero-order valence-corrected chi connectivity index (χ0v) is 32.5. The molecule has 0 aliphatic rings. The number of rotatable bonds is 19. The second kappa shape index (κ2) is 18.8. The van der Waals surface area contributed by atoms with Crippen LogP contribution < -0.4 is 10.1 Å². The van der Waals surface area contributed by atoms with Crippen LogP contribution in [0.15, 0.2) is 84.6 Å². The van der Waals surface area contributed by atoms with Crippen molar-refractivity contribution < 1.29 is 24.2 Å². The third-order valence-corrected chi connectivity index (χ3v) is 11.3. The minimum atomic E-state index is -1.17. The SMILES string of the molecule is CCCCCCCOc1ccc(-c2cnc(-c3ccc(C[C@H](CC(=O)c4ccc(C(C)(C)C)s4)C(=O)NC(Cc4nccs4)C(=O)O)cc3)nc2)cc1. The molecule has 5 rings (SSSR count). The number of thiazole rings is 1. The highest BCUT2D eigenvalue weighted by Crippen LogP contribution is 2.31. The first-order valence-corrected chi connectivity index (χ1v) is 19.9. The molecular formula is C42H48N4O5S2. The van der Waals surface area contributed by atoms with Crippen LogP contribution in [0.1, 0.15) is 91.3 Å². The van der Waals surface area contributed by atoms with Gasteiger partial charge in [-0.05, 0) is 53.6 Å². The van der Waals surface area contributed by atoms with Crippen LogP contribution in [-0.2, 0) is 27.8 Å². The standard InChI is InChI=1S/C42H48N4O5S2/c1-5-6-7-8-9-21-51-33-16-14-29(15-17-33)32-26-44-39(45-27-32)30-12-10-28(11-13-30)23-31(24-35(47)36-18-19-37(53-36)42(2,3)4)40(48)46-34(41(49)50)25-38-43-20-22-52-38/h10-20,22,26-27,31,34H,5-9,21,23-25H2,1-4H3,(H,46,48)(H,49,50)/t31-,34?/m1/s1. The number of nitrogens with one attached hydrogen (secondary N) is 1. The summed E-state index contributed by atoms with van der Waals surface area (Å²) in [5, 5.41) is 15.0. The summed E-state index contributed by atoms with van der Waals surface area (Å²) in [5.41, 5.74) is 3.42. The fourth-order valence-electron chi connectivity index (χ4n) is 5.83. The van der Waals surface area contributed by atoms with E-state index in [1.54, 1.807) is 24.0 Å². The molecule has 0 radical (unpaired) electrons. The van der Waals surface area contributed by atoms with Crippen molar-refractivity contribution in [1.29, 1.82) is 0 Å². The molecule has 3 heterocycles. The van der Waals surface area contributed by atoms with Crippen LogP contribution in [0.5, 0.6) is 5.75 Å². The first-order chi connectivity index (χ1) is 25.5. The lowest BCUT2D eigenvalue weighted by Gasteiger charge is -2.20. The van der Waals surface area contributed by atoms with Crippen LogP contribution in [0.4, 0.5) is 0 Å². The van der Waals surface area contributed by atoms with Gasteiger partial charge in [0.25, 0.3) is 0 Å². The molecule has 2 N–H and O–H groups in total. The lowest BCUT2D eigenvalue weighted by Crippen LogP contribution is -2.45. The number of carboxylic acids is 1. The zero-order chi connectivity index (χ0) is 37.8. The summed E-state index contributed by atoms with van der Waals surface area (Å²) in [6.45, 7) is 9.20. The predicted molar refractivity (Wildman–Crippen MR) is 212 cm³/mol. The molecule has 3 aromatic heterocycles. The van der Waals surface area contributed by atoms with Gasteiger partial charge >= 0.3 is 5.97 Å². The molecule has 0 saturated heterocycles. The molecule has 11 heteroatoms. The highest BCUT2D eigenvalue weighted by molar-refractivity contribution is 7.14. The number of aromatic nitrogens is 3. The first-order valence-electron chi connectivity index (χ1n) is 18.2. The van der Waals surface area contributed by atoms with Crippen LogP contribution in [0.3, 0.4) is 0 Å². The van der Waals surface area contributed by atoms with Gasteiger partial charge in [-0.2, -0.15) is 0 Å². The van der Waals surface area contributed by atoms with E-state index in [0.717, 1.165) is 45.9 Å². The zero-order valence-electron chi connectivity index (χ0n) is 30.8.